The Hall–Kier alpha value is -8.36. The summed E-state index contributed by atoms with van der Waals surface area (Å²) in [5, 5.41) is 10.2. The molecule has 11 aromatic carbocycles. The Labute approximate surface area is 456 Å². The highest BCUT2D eigenvalue weighted by Crippen LogP contribution is 2.46. The molecule has 0 spiro atoms. The average Bonchev–Trinajstić information content (AvgIpc) is 4.32. The van der Waals surface area contributed by atoms with Gasteiger partial charge in [0.15, 0.2) is 0 Å². The van der Waals surface area contributed by atoms with Crippen LogP contribution in [0, 0.1) is 0 Å². The molecule has 2 N–H and O–H groups in total. The molecule has 364 valence electrons. The highest BCUT2D eigenvalue weighted by molar-refractivity contribution is 9.10. The second-order valence-electron chi connectivity index (χ2n) is 19.8. The molecule has 0 unspecified atom stereocenters. The fraction of sp³-hybridized carbons (Fsp3) is 0.0725. The Morgan fingerprint density at radius 2 is 0.882 bits per heavy atom. The Morgan fingerprint density at radius 3 is 1.49 bits per heavy atom. The molecule has 1 aliphatic carbocycles. The van der Waals surface area contributed by atoms with E-state index in [9.17, 15) is 0 Å². The van der Waals surface area contributed by atoms with Crippen molar-refractivity contribution in [3.8, 4) is 44.5 Å². The Bertz CT molecular complexity index is 4670. The fourth-order valence-electron chi connectivity index (χ4n) is 12.2. The summed E-state index contributed by atoms with van der Waals surface area (Å²) in [7, 11) is 0. The van der Waals surface area contributed by atoms with Crippen molar-refractivity contribution in [3.05, 3.63) is 244 Å². The molecule has 16 rings (SSSR count). The number of fused-ring (bicyclic) bond motifs is 11. The molecule has 0 saturated heterocycles. The number of imidazole rings is 2. The van der Waals surface area contributed by atoms with Gasteiger partial charge >= 0.3 is 0 Å². The van der Waals surface area contributed by atoms with Crippen LogP contribution in [0.5, 0.6) is 0 Å². The SMILES string of the molecule is CCc1nc2cccc3c4cc(-c5c6ccccc6c(-c6ccc(-c7ccccc7)cc6)c6ccccc56)ccc4n1c23.CCc1nc2cccc3c4cc(Br)ccc4n1c23.Nc1cccc2c1Cc1ccc(Br)cc1-2. The van der Waals surface area contributed by atoms with Gasteiger partial charge in [0.05, 0.1) is 33.1 Å². The predicted molar refractivity (Wildman–Crippen MR) is 327 cm³/mol. The first-order valence-corrected chi connectivity index (χ1v) is 27.7. The van der Waals surface area contributed by atoms with Crippen molar-refractivity contribution < 1.29 is 0 Å². The molecule has 7 heteroatoms. The lowest BCUT2D eigenvalue weighted by Gasteiger charge is -2.18. The second kappa shape index (κ2) is 18.5. The van der Waals surface area contributed by atoms with E-state index < -0.39 is 0 Å². The third-order valence-corrected chi connectivity index (χ3v) is 16.6. The van der Waals surface area contributed by atoms with Gasteiger partial charge in [-0.3, -0.25) is 8.80 Å². The molecule has 0 bridgehead atoms. The van der Waals surface area contributed by atoms with E-state index in [2.05, 4.69) is 255 Å². The van der Waals surface area contributed by atoms with Gasteiger partial charge in [-0.1, -0.05) is 197 Å². The number of para-hydroxylation sites is 2. The minimum Gasteiger partial charge on any atom is -0.398 e. The standard InChI is InChI=1S/C41H28N2.C15H11BrN2.C13H10BrN/c1-2-38-42-36-18-10-17-34-35-25-29(23-24-37(35)43(38)41(34)36)40-32-15-8-6-13-30(32)39(31-14-7-9-16-33(31)40)28-21-19-27(20-22-28)26-11-4-3-5-12-26;1-2-14-17-12-5-3-4-10-11-8-9(16)6-7-13(11)18(14)15(10)12;14-9-5-4-8-6-12-10(11(8)7-9)2-1-3-13(12)15/h3-25H,2H2,1H3;3-8H,2H2,1H3;1-5,7H,6,15H2. The van der Waals surface area contributed by atoms with E-state index in [-0.39, 0.29) is 0 Å². The number of halogens is 2. The molecule has 0 aliphatic heterocycles. The van der Waals surface area contributed by atoms with Crippen LogP contribution in [-0.4, -0.2) is 18.8 Å². The monoisotopic (exact) mass is 1110 g/mol. The zero-order valence-corrected chi connectivity index (χ0v) is 45.1. The van der Waals surface area contributed by atoms with Crippen molar-refractivity contribution in [1.82, 2.24) is 18.8 Å². The van der Waals surface area contributed by atoms with Crippen LogP contribution < -0.4 is 5.73 Å². The topological polar surface area (TPSA) is 60.6 Å². The smallest absolute Gasteiger partial charge is 0.114 e. The summed E-state index contributed by atoms with van der Waals surface area (Å²) in [5.74, 6) is 2.26. The largest absolute Gasteiger partial charge is 0.398 e. The molecule has 0 atom stereocenters. The minimum atomic E-state index is 0.901. The summed E-state index contributed by atoms with van der Waals surface area (Å²) < 4.78 is 6.90. The zero-order valence-electron chi connectivity index (χ0n) is 42.0. The van der Waals surface area contributed by atoms with Crippen LogP contribution in [0.3, 0.4) is 0 Å². The normalized spacial score (nSPS) is 12.1. The van der Waals surface area contributed by atoms with E-state index in [1.54, 1.807) is 0 Å². The first-order chi connectivity index (χ1) is 37.3. The van der Waals surface area contributed by atoms with Crippen molar-refractivity contribution in [2.75, 3.05) is 5.73 Å². The highest BCUT2D eigenvalue weighted by atomic mass is 79.9. The maximum atomic E-state index is 5.98. The number of hydrogen-bond donors (Lipinski definition) is 1. The van der Waals surface area contributed by atoms with E-state index in [0.29, 0.717) is 0 Å². The van der Waals surface area contributed by atoms with Crippen molar-refractivity contribution in [2.45, 2.75) is 33.1 Å². The van der Waals surface area contributed by atoms with E-state index in [1.807, 2.05) is 12.1 Å². The summed E-state index contributed by atoms with van der Waals surface area (Å²) >= 11 is 7.06. The summed E-state index contributed by atoms with van der Waals surface area (Å²) in [6.07, 6.45) is 2.81. The van der Waals surface area contributed by atoms with E-state index in [0.717, 1.165) is 56.6 Å². The molecular formula is C69H49Br2N5. The average molecular weight is 1110 g/mol. The molecule has 0 radical (unpaired) electrons. The van der Waals surface area contributed by atoms with Gasteiger partial charge in [-0.05, 0) is 138 Å². The van der Waals surface area contributed by atoms with Gasteiger partial charge in [0.1, 0.15) is 11.6 Å². The quantitative estimate of drug-likeness (QED) is 0.138. The summed E-state index contributed by atoms with van der Waals surface area (Å²) in [6.45, 7) is 4.34. The summed E-state index contributed by atoms with van der Waals surface area (Å²) in [5.41, 5.74) is 26.8. The minimum absolute atomic E-state index is 0.901. The van der Waals surface area contributed by atoms with Crippen LogP contribution in [-0.2, 0) is 19.3 Å². The molecule has 0 saturated carbocycles. The van der Waals surface area contributed by atoms with Crippen LogP contribution in [0.2, 0.25) is 0 Å². The number of nitrogen functional groups attached to an aromatic ring is 1. The van der Waals surface area contributed by atoms with Crippen molar-refractivity contribution >= 4 is 114 Å². The fourth-order valence-corrected chi connectivity index (χ4v) is 12.9. The Kier molecular flexibility index (Phi) is 11.2. The van der Waals surface area contributed by atoms with Crippen LogP contribution in [0.4, 0.5) is 5.69 Å². The van der Waals surface area contributed by atoms with Crippen LogP contribution in [0.15, 0.2) is 221 Å². The first kappa shape index (κ1) is 46.2. The molecule has 4 aromatic heterocycles. The molecule has 4 heterocycles. The summed E-state index contributed by atoms with van der Waals surface area (Å²) in [6, 6.07) is 76.3. The lowest BCUT2D eigenvalue weighted by atomic mass is 9.85. The Morgan fingerprint density at radius 1 is 0.408 bits per heavy atom. The maximum Gasteiger partial charge on any atom is 0.114 e. The molecular weight excluding hydrogens is 1060 g/mol. The number of aromatic nitrogens is 4. The number of aryl methyl sites for hydroxylation is 2. The van der Waals surface area contributed by atoms with Crippen LogP contribution in [0.1, 0.15) is 36.6 Å². The number of hydrogen-bond acceptors (Lipinski definition) is 3. The third-order valence-electron chi connectivity index (χ3n) is 15.6. The van der Waals surface area contributed by atoms with Crippen LogP contribution in [0.25, 0.3) is 121 Å². The predicted octanol–water partition coefficient (Wildman–Crippen LogP) is 19.0. The lowest BCUT2D eigenvalue weighted by Crippen LogP contribution is -1.92. The van der Waals surface area contributed by atoms with E-state index in [4.69, 9.17) is 15.7 Å². The van der Waals surface area contributed by atoms with Gasteiger partial charge in [0, 0.05) is 55.4 Å². The maximum absolute atomic E-state index is 5.98. The van der Waals surface area contributed by atoms with Gasteiger partial charge < -0.3 is 5.73 Å². The zero-order chi connectivity index (χ0) is 51.2. The van der Waals surface area contributed by atoms with Crippen molar-refractivity contribution in [3.63, 3.8) is 0 Å². The number of nitrogens with two attached hydrogens (primary N) is 1. The third kappa shape index (κ3) is 7.39. The molecule has 76 heavy (non-hydrogen) atoms. The molecule has 0 fully saturated rings. The molecule has 1 aliphatic rings. The second-order valence-corrected chi connectivity index (χ2v) is 21.6. The lowest BCUT2D eigenvalue weighted by molar-refractivity contribution is 0.961. The van der Waals surface area contributed by atoms with Gasteiger partial charge in [0.25, 0.3) is 0 Å². The van der Waals surface area contributed by atoms with Gasteiger partial charge in [0.2, 0.25) is 0 Å². The Balaban J connectivity index is 0.000000130. The first-order valence-electron chi connectivity index (χ1n) is 26.1. The summed E-state index contributed by atoms with van der Waals surface area (Å²) in [4.78, 5) is 9.64. The number of nitrogens with zero attached hydrogens (tertiary/aromatic N) is 4. The highest BCUT2D eigenvalue weighted by Gasteiger charge is 2.22. The van der Waals surface area contributed by atoms with Gasteiger partial charge in [-0.2, -0.15) is 0 Å². The molecule has 15 aromatic rings. The number of anilines is 1. The van der Waals surface area contributed by atoms with Gasteiger partial charge in [-0.25, -0.2) is 9.97 Å². The molecule has 5 nitrogen and oxygen atoms in total. The van der Waals surface area contributed by atoms with E-state index >= 15 is 0 Å². The van der Waals surface area contributed by atoms with Crippen LogP contribution >= 0.6 is 31.9 Å². The van der Waals surface area contributed by atoms with E-state index in [1.165, 1.54) is 121 Å². The van der Waals surface area contributed by atoms with Crippen molar-refractivity contribution in [1.29, 1.82) is 0 Å². The molecule has 0 amide bonds. The van der Waals surface area contributed by atoms with Crippen molar-refractivity contribution in [2.24, 2.45) is 0 Å². The number of benzene rings is 11. The number of rotatable bonds is 5. The van der Waals surface area contributed by atoms with Gasteiger partial charge in [-0.15, -0.1) is 0 Å².